The van der Waals surface area contributed by atoms with Crippen LogP contribution in [0.15, 0.2) is 18.2 Å². The number of hydrogen-bond donors (Lipinski definition) is 1. The minimum atomic E-state index is -0.424. The Balaban J connectivity index is 2.89. The Morgan fingerprint density at radius 2 is 1.77 bits per heavy atom. The zero-order valence-corrected chi connectivity index (χ0v) is 13.6. The molecule has 0 aromatic heterocycles. The highest BCUT2D eigenvalue weighted by molar-refractivity contribution is 5.96. The average Bonchev–Trinajstić information content (AvgIpc) is 2.48. The van der Waals surface area contributed by atoms with Gasteiger partial charge in [-0.15, -0.1) is 0 Å². The highest BCUT2D eigenvalue weighted by Crippen LogP contribution is 2.24. The molecule has 0 aliphatic heterocycles. The van der Waals surface area contributed by atoms with E-state index >= 15 is 0 Å². The maximum atomic E-state index is 12.2. The van der Waals surface area contributed by atoms with Crippen molar-refractivity contribution in [1.29, 1.82) is 0 Å². The van der Waals surface area contributed by atoms with Crippen LogP contribution in [0.3, 0.4) is 0 Å². The lowest BCUT2D eigenvalue weighted by Crippen LogP contribution is -2.12. The number of rotatable bonds is 9. The minimum absolute atomic E-state index is 0.190. The van der Waals surface area contributed by atoms with Crippen LogP contribution in [-0.4, -0.2) is 25.1 Å². The molecule has 5 heteroatoms. The van der Waals surface area contributed by atoms with Crippen molar-refractivity contribution in [2.45, 2.75) is 46.5 Å². The van der Waals surface area contributed by atoms with Gasteiger partial charge >= 0.3 is 5.97 Å². The van der Waals surface area contributed by atoms with Crippen molar-refractivity contribution in [2.24, 2.45) is 0 Å². The van der Waals surface area contributed by atoms with Crippen molar-refractivity contribution in [3.05, 3.63) is 23.8 Å². The van der Waals surface area contributed by atoms with E-state index in [-0.39, 0.29) is 5.91 Å². The summed E-state index contributed by atoms with van der Waals surface area (Å²) < 4.78 is 10.9. The van der Waals surface area contributed by atoms with Gasteiger partial charge in [-0.3, -0.25) is 4.79 Å². The molecule has 22 heavy (non-hydrogen) atoms. The first-order valence-corrected chi connectivity index (χ1v) is 7.80. The number of ether oxygens (including phenoxy) is 2. The molecule has 1 N–H and O–H groups in total. The van der Waals surface area contributed by atoms with Crippen molar-refractivity contribution in [3.63, 3.8) is 0 Å². The topological polar surface area (TPSA) is 64.6 Å². The van der Waals surface area contributed by atoms with Crippen LogP contribution >= 0.6 is 0 Å². The molecule has 0 bridgehead atoms. The van der Waals surface area contributed by atoms with Crippen molar-refractivity contribution < 1.29 is 19.1 Å². The number of anilines is 1. The molecule has 1 aromatic rings. The molecule has 0 heterocycles. The van der Waals surface area contributed by atoms with Gasteiger partial charge in [0.2, 0.25) is 5.91 Å². The third kappa shape index (κ3) is 6.16. The van der Waals surface area contributed by atoms with E-state index < -0.39 is 5.97 Å². The van der Waals surface area contributed by atoms with Crippen LogP contribution in [0.1, 0.15) is 56.8 Å². The standard InChI is InChI=1S/C17H25NO4/c1-4-6-10-21-16-9-8-14(18-13(3)19)12-15(16)17(20)22-11-7-5-2/h8-9,12H,4-7,10-11H2,1-3H3,(H,18,19). The second kappa shape index (κ2) is 9.82. The van der Waals surface area contributed by atoms with Crippen LogP contribution in [0.2, 0.25) is 0 Å². The van der Waals surface area contributed by atoms with Crippen molar-refractivity contribution in [2.75, 3.05) is 18.5 Å². The monoisotopic (exact) mass is 307 g/mol. The van der Waals surface area contributed by atoms with Crippen LogP contribution < -0.4 is 10.1 Å². The summed E-state index contributed by atoms with van der Waals surface area (Å²) in [7, 11) is 0. The van der Waals surface area contributed by atoms with E-state index in [0.717, 1.165) is 25.7 Å². The summed E-state index contributed by atoms with van der Waals surface area (Å²) in [5.41, 5.74) is 0.899. The second-order valence-corrected chi connectivity index (χ2v) is 5.08. The summed E-state index contributed by atoms with van der Waals surface area (Å²) in [4.78, 5) is 23.3. The second-order valence-electron chi connectivity index (χ2n) is 5.08. The lowest BCUT2D eigenvalue weighted by molar-refractivity contribution is -0.114. The fourth-order valence-corrected chi connectivity index (χ4v) is 1.81. The SMILES string of the molecule is CCCCOC(=O)c1cc(NC(C)=O)ccc1OCCCC. The first-order valence-electron chi connectivity index (χ1n) is 7.80. The third-order valence-corrected chi connectivity index (χ3v) is 3.01. The molecular formula is C17H25NO4. The number of carbonyl (C=O) groups is 2. The van der Waals surface area contributed by atoms with Crippen molar-refractivity contribution in [3.8, 4) is 5.75 Å². The van der Waals surface area contributed by atoms with Gasteiger partial charge < -0.3 is 14.8 Å². The van der Waals surface area contributed by atoms with E-state index in [1.807, 2.05) is 6.92 Å². The molecule has 0 fully saturated rings. The number of hydrogen-bond acceptors (Lipinski definition) is 4. The molecular weight excluding hydrogens is 282 g/mol. The van der Waals surface area contributed by atoms with Crippen LogP contribution in [-0.2, 0) is 9.53 Å². The van der Waals surface area contributed by atoms with Gasteiger partial charge in [-0.2, -0.15) is 0 Å². The molecule has 1 aromatic carbocycles. The summed E-state index contributed by atoms with van der Waals surface area (Å²) in [5, 5.41) is 2.66. The number of benzene rings is 1. The Kier molecular flexibility index (Phi) is 8.04. The highest BCUT2D eigenvalue weighted by Gasteiger charge is 2.15. The number of unbranched alkanes of at least 4 members (excludes halogenated alkanes) is 2. The lowest BCUT2D eigenvalue weighted by atomic mass is 10.1. The number of esters is 1. The Bertz CT molecular complexity index is 499. The summed E-state index contributed by atoms with van der Waals surface area (Å²) in [6, 6.07) is 5.00. The molecule has 1 rings (SSSR count). The molecule has 1 amide bonds. The summed E-state index contributed by atoms with van der Waals surface area (Å²) in [6.07, 6.45) is 3.71. The Morgan fingerprint density at radius 3 is 2.41 bits per heavy atom. The van der Waals surface area contributed by atoms with E-state index in [9.17, 15) is 9.59 Å². The Labute approximate surface area is 132 Å². The predicted molar refractivity (Wildman–Crippen MR) is 86.3 cm³/mol. The fourth-order valence-electron chi connectivity index (χ4n) is 1.81. The maximum absolute atomic E-state index is 12.2. The normalized spacial score (nSPS) is 10.1. The van der Waals surface area contributed by atoms with Gasteiger partial charge in [0.15, 0.2) is 0 Å². The summed E-state index contributed by atoms with van der Waals surface area (Å²) >= 11 is 0. The molecule has 0 aliphatic carbocycles. The lowest BCUT2D eigenvalue weighted by Gasteiger charge is -2.13. The molecule has 0 aliphatic rings. The molecule has 0 atom stereocenters. The molecule has 122 valence electrons. The predicted octanol–water partition coefficient (Wildman–Crippen LogP) is 3.78. The van der Waals surface area contributed by atoms with Gasteiger partial charge in [-0.05, 0) is 31.0 Å². The van der Waals surface area contributed by atoms with Crippen molar-refractivity contribution >= 4 is 17.6 Å². The Morgan fingerprint density at radius 1 is 1.09 bits per heavy atom. The summed E-state index contributed by atoms with van der Waals surface area (Å²) in [5.74, 6) is -0.124. The van der Waals surface area contributed by atoms with Crippen LogP contribution in [0.25, 0.3) is 0 Å². The molecule has 5 nitrogen and oxygen atoms in total. The molecule has 0 radical (unpaired) electrons. The van der Waals surface area contributed by atoms with E-state index in [0.29, 0.717) is 30.2 Å². The van der Waals surface area contributed by atoms with Crippen LogP contribution in [0, 0.1) is 0 Å². The van der Waals surface area contributed by atoms with Gasteiger partial charge in [0.1, 0.15) is 11.3 Å². The van der Waals surface area contributed by atoms with Crippen LogP contribution in [0.4, 0.5) is 5.69 Å². The number of nitrogens with one attached hydrogen (secondary N) is 1. The minimum Gasteiger partial charge on any atom is -0.493 e. The van der Waals surface area contributed by atoms with Crippen molar-refractivity contribution in [1.82, 2.24) is 0 Å². The quantitative estimate of drug-likeness (QED) is 0.557. The van der Waals surface area contributed by atoms with Gasteiger partial charge in [0.25, 0.3) is 0 Å². The zero-order valence-electron chi connectivity index (χ0n) is 13.6. The zero-order chi connectivity index (χ0) is 16.4. The molecule has 0 saturated carbocycles. The smallest absolute Gasteiger partial charge is 0.341 e. The van der Waals surface area contributed by atoms with Gasteiger partial charge in [0, 0.05) is 12.6 Å². The number of carbonyl (C=O) groups excluding carboxylic acids is 2. The first kappa shape index (κ1) is 18.0. The van der Waals surface area contributed by atoms with E-state index in [4.69, 9.17) is 9.47 Å². The molecule has 0 spiro atoms. The van der Waals surface area contributed by atoms with E-state index in [1.165, 1.54) is 6.92 Å². The highest BCUT2D eigenvalue weighted by atomic mass is 16.5. The fraction of sp³-hybridized carbons (Fsp3) is 0.529. The van der Waals surface area contributed by atoms with Gasteiger partial charge in [-0.1, -0.05) is 26.7 Å². The van der Waals surface area contributed by atoms with E-state index in [1.54, 1.807) is 18.2 Å². The average molecular weight is 307 g/mol. The van der Waals surface area contributed by atoms with Gasteiger partial charge in [0.05, 0.1) is 13.2 Å². The Hall–Kier alpha value is -2.04. The van der Waals surface area contributed by atoms with Crippen LogP contribution in [0.5, 0.6) is 5.75 Å². The van der Waals surface area contributed by atoms with Gasteiger partial charge in [-0.25, -0.2) is 4.79 Å². The maximum Gasteiger partial charge on any atom is 0.341 e. The summed E-state index contributed by atoms with van der Waals surface area (Å²) in [6.45, 7) is 6.46. The van der Waals surface area contributed by atoms with E-state index in [2.05, 4.69) is 12.2 Å². The number of amides is 1. The largest absolute Gasteiger partial charge is 0.493 e. The molecule has 0 saturated heterocycles. The molecule has 0 unspecified atom stereocenters. The first-order chi connectivity index (χ1) is 10.6. The third-order valence-electron chi connectivity index (χ3n) is 3.01.